The Morgan fingerprint density at radius 1 is 1.57 bits per heavy atom. The summed E-state index contributed by atoms with van der Waals surface area (Å²) >= 11 is 0. The second-order valence-corrected chi connectivity index (χ2v) is 5.28. The molecule has 116 valence electrons. The fourth-order valence-electron chi connectivity index (χ4n) is 2.48. The predicted octanol–water partition coefficient (Wildman–Crippen LogP) is 1.33. The van der Waals surface area contributed by atoms with E-state index in [0.29, 0.717) is 30.3 Å². The summed E-state index contributed by atoms with van der Waals surface area (Å²) in [5.41, 5.74) is 7.02. The molecule has 1 amide bonds. The molecule has 0 spiro atoms. The van der Waals surface area contributed by atoms with Gasteiger partial charge < -0.3 is 20.5 Å². The number of anilines is 2. The van der Waals surface area contributed by atoms with E-state index in [1.807, 2.05) is 6.92 Å². The molecule has 0 saturated carbocycles. The molecule has 2 unspecified atom stereocenters. The molecule has 0 aliphatic carbocycles. The first-order valence-electron chi connectivity index (χ1n) is 7.10. The molecule has 6 nitrogen and oxygen atoms in total. The van der Waals surface area contributed by atoms with E-state index in [0.717, 1.165) is 6.54 Å². The second kappa shape index (κ2) is 6.78. The Bertz CT molecular complexity index is 507. The van der Waals surface area contributed by atoms with Crippen LogP contribution in [0.25, 0.3) is 0 Å². The Hall–Kier alpha value is -1.79. The molecule has 1 saturated heterocycles. The first-order chi connectivity index (χ1) is 10.0. The number of carbonyl (C=O) groups excluding carboxylic acids is 1. The van der Waals surface area contributed by atoms with Gasteiger partial charge in [-0.1, -0.05) is 0 Å². The summed E-state index contributed by atoms with van der Waals surface area (Å²) in [5, 5.41) is 2.88. The van der Waals surface area contributed by atoms with Crippen molar-refractivity contribution in [3.63, 3.8) is 0 Å². The molecular weight excluding hydrogens is 270 g/mol. The van der Waals surface area contributed by atoms with Crippen LogP contribution in [0.4, 0.5) is 11.4 Å². The standard InChI is InChI=1S/C15H23N3O3/c1-10-9-21-7-6-18(10)11(2)15(19)17-14-5-4-12(20-3)8-13(14)16/h4-5,8,10-11H,6-7,9,16H2,1-3H3,(H,17,19). The van der Waals surface area contributed by atoms with E-state index in [1.165, 1.54) is 0 Å². The van der Waals surface area contributed by atoms with Crippen molar-refractivity contribution in [2.75, 3.05) is 37.9 Å². The highest BCUT2D eigenvalue weighted by Gasteiger charge is 2.28. The Kier molecular flexibility index (Phi) is 5.03. The van der Waals surface area contributed by atoms with Crippen LogP contribution in [0.3, 0.4) is 0 Å². The van der Waals surface area contributed by atoms with Crippen molar-refractivity contribution >= 4 is 17.3 Å². The topological polar surface area (TPSA) is 76.8 Å². The maximum absolute atomic E-state index is 12.4. The van der Waals surface area contributed by atoms with Crippen molar-refractivity contribution < 1.29 is 14.3 Å². The van der Waals surface area contributed by atoms with Gasteiger partial charge in [0.05, 0.1) is 37.7 Å². The summed E-state index contributed by atoms with van der Waals surface area (Å²) in [5.74, 6) is 0.598. The number of nitrogens with two attached hydrogens (primary N) is 1. The number of amides is 1. The van der Waals surface area contributed by atoms with Crippen molar-refractivity contribution in [2.45, 2.75) is 25.9 Å². The zero-order valence-corrected chi connectivity index (χ0v) is 12.8. The van der Waals surface area contributed by atoms with E-state index in [4.69, 9.17) is 15.2 Å². The van der Waals surface area contributed by atoms with Gasteiger partial charge in [-0.25, -0.2) is 0 Å². The molecule has 1 aliphatic rings. The molecule has 1 aliphatic heterocycles. The Morgan fingerprint density at radius 3 is 2.95 bits per heavy atom. The molecule has 1 aromatic carbocycles. The zero-order valence-electron chi connectivity index (χ0n) is 12.8. The van der Waals surface area contributed by atoms with Crippen molar-refractivity contribution in [3.8, 4) is 5.75 Å². The van der Waals surface area contributed by atoms with Gasteiger partial charge in [0.25, 0.3) is 0 Å². The predicted molar refractivity (Wildman–Crippen MR) is 82.5 cm³/mol. The highest BCUT2D eigenvalue weighted by atomic mass is 16.5. The lowest BCUT2D eigenvalue weighted by molar-refractivity contribution is -0.124. The summed E-state index contributed by atoms with van der Waals surface area (Å²) in [4.78, 5) is 14.5. The number of rotatable bonds is 4. The summed E-state index contributed by atoms with van der Waals surface area (Å²) < 4.78 is 10.5. The second-order valence-electron chi connectivity index (χ2n) is 5.28. The molecule has 21 heavy (non-hydrogen) atoms. The van der Waals surface area contributed by atoms with Gasteiger partial charge >= 0.3 is 0 Å². The van der Waals surface area contributed by atoms with Crippen LogP contribution in [0.5, 0.6) is 5.75 Å². The molecule has 3 N–H and O–H groups in total. The normalized spacial score (nSPS) is 20.8. The fraction of sp³-hybridized carbons (Fsp3) is 0.533. The van der Waals surface area contributed by atoms with Crippen LogP contribution in [0.15, 0.2) is 18.2 Å². The lowest BCUT2D eigenvalue weighted by Gasteiger charge is -2.37. The molecule has 2 atom stereocenters. The minimum absolute atomic E-state index is 0.0689. The summed E-state index contributed by atoms with van der Waals surface area (Å²) in [6, 6.07) is 5.21. The minimum Gasteiger partial charge on any atom is -0.497 e. The SMILES string of the molecule is COc1ccc(NC(=O)C(C)N2CCOCC2C)c(N)c1. The van der Waals surface area contributed by atoms with Gasteiger partial charge in [0.15, 0.2) is 0 Å². The zero-order chi connectivity index (χ0) is 15.4. The number of carbonyl (C=O) groups is 1. The molecule has 2 rings (SSSR count). The third-order valence-corrected chi connectivity index (χ3v) is 3.81. The molecule has 0 radical (unpaired) electrons. The quantitative estimate of drug-likeness (QED) is 0.819. The maximum Gasteiger partial charge on any atom is 0.241 e. The molecule has 0 aromatic heterocycles. The van der Waals surface area contributed by atoms with Crippen molar-refractivity contribution in [1.29, 1.82) is 0 Å². The Labute approximate surface area is 125 Å². The number of hydrogen-bond acceptors (Lipinski definition) is 5. The smallest absolute Gasteiger partial charge is 0.241 e. The fourth-order valence-corrected chi connectivity index (χ4v) is 2.48. The van der Waals surface area contributed by atoms with Crippen molar-refractivity contribution in [1.82, 2.24) is 4.90 Å². The molecule has 1 heterocycles. The number of nitrogens with zero attached hydrogens (tertiary/aromatic N) is 1. The number of morpholine rings is 1. The number of hydrogen-bond donors (Lipinski definition) is 2. The van der Waals surface area contributed by atoms with Gasteiger partial charge in [0, 0.05) is 18.7 Å². The number of nitrogen functional groups attached to an aromatic ring is 1. The molecule has 6 heteroatoms. The average Bonchev–Trinajstić information content (AvgIpc) is 2.49. The van der Waals surface area contributed by atoms with Crippen LogP contribution in [0, 0.1) is 0 Å². The van der Waals surface area contributed by atoms with Crippen LogP contribution in [-0.4, -0.2) is 49.8 Å². The first-order valence-corrected chi connectivity index (χ1v) is 7.10. The number of benzene rings is 1. The van der Waals surface area contributed by atoms with Crippen molar-refractivity contribution in [3.05, 3.63) is 18.2 Å². The lowest BCUT2D eigenvalue weighted by Crippen LogP contribution is -2.52. The van der Waals surface area contributed by atoms with Gasteiger partial charge in [0.2, 0.25) is 5.91 Å². The molecule has 1 fully saturated rings. The van der Waals surface area contributed by atoms with Crippen LogP contribution >= 0.6 is 0 Å². The average molecular weight is 293 g/mol. The van der Waals surface area contributed by atoms with Crippen LogP contribution in [0.2, 0.25) is 0 Å². The van der Waals surface area contributed by atoms with E-state index in [9.17, 15) is 4.79 Å². The summed E-state index contributed by atoms with van der Waals surface area (Å²) in [7, 11) is 1.58. The number of nitrogens with one attached hydrogen (secondary N) is 1. The number of methoxy groups -OCH3 is 1. The first kappa shape index (κ1) is 15.6. The molecular formula is C15H23N3O3. The van der Waals surface area contributed by atoms with Crippen LogP contribution in [0.1, 0.15) is 13.8 Å². The van der Waals surface area contributed by atoms with E-state index in [-0.39, 0.29) is 18.0 Å². The lowest BCUT2D eigenvalue weighted by atomic mass is 10.1. The highest BCUT2D eigenvalue weighted by Crippen LogP contribution is 2.24. The van der Waals surface area contributed by atoms with E-state index >= 15 is 0 Å². The van der Waals surface area contributed by atoms with Gasteiger partial charge in [0.1, 0.15) is 5.75 Å². The van der Waals surface area contributed by atoms with Gasteiger partial charge in [-0.2, -0.15) is 0 Å². The third kappa shape index (κ3) is 3.65. The third-order valence-electron chi connectivity index (χ3n) is 3.81. The van der Waals surface area contributed by atoms with Crippen molar-refractivity contribution in [2.24, 2.45) is 0 Å². The van der Waals surface area contributed by atoms with Gasteiger partial charge in [-0.3, -0.25) is 9.69 Å². The minimum atomic E-state index is -0.231. The monoisotopic (exact) mass is 293 g/mol. The van der Waals surface area contributed by atoms with Gasteiger partial charge in [-0.05, 0) is 26.0 Å². The van der Waals surface area contributed by atoms with Crippen LogP contribution < -0.4 is 15.8 Å². The van der Waals surface area contributed by atoms with E-state index in [1.54, 1.807) is 25.3 Å². The summed E-state index contributed by atoms with van der Waals surface area (Å²) in [6.07, 6.45) is 0. The largest absolute Gasteiger partial charge is 0.497 e. The molecule has 0 bridgehead atoms. The maximum atomic E-state index is 12.4. The molecule has 1 aromatic rings. The Balaban J connectivity index is 2.03. The Morgan fingerprint density at radius 2 is 2.33 bits per heavy atom. The van der Waals surface area contributed by atoms with E-state index < -0.39 is 0 Å². The number of ether oxygens (including phenoxy) is 2. The summed E-state index contributed by atoms with van der Waals surface area (Å²) in [6.45, 7) is 6.03. The van der Waals surface area contributed by atoms with Crippen LogP contribution in [-0.2, 0) is 9.53 Å². The van der Waals surface area contributed by atoms with E-state index in [2.05, 4.69) is 17.1 Å². The van der Waals surface area contributed by atoms with Gasteiger partial charge in [-0.15, -0.1) is 0 Å². The highest BCUT2D eigenvalue weighted by molar-refractivity contribution is 5.97.